The molecule has 0 unspecified atom stereocenters. The molecule has 0 bridgehead atoms. The van der Waals surface area contributed by atoms with Gasteiger partial charge in [0.05, 0.1) is 12.3 Å². The third-order valence-corrected chi connectivity index (χ3v) is 5.83. The summed E-state index contributed by atoms with van der Waals surface area (Å²) in [7, 11) is 0. The lowest BCUT2D eigenvalue weighted by Gasteiger charge is -2.09. The fraction of sp³-hybridized carbons (Fsp3) is 0.208. The number of benzene rings is 2. The maximum Gasteiger partial charge on any atom is 0.277 e. The summed E-state index contributed by atoms with van der Waals surface area (Å²) in [5, 5.41) is 17.2. The Hall–Kier alpha value is -3.78. The molecular weight excluding hydrogens is 411 g/mol. The lowest BCUT2D eigenvalue weighted by molar-refractivity contribution is -0.116. The predicted molar refractivity (Wildman–Crippen MR) is 118 cm³/mol. The molecule has 0 atom stereocenters. The molecule has 1 amide bonds. The summed E-state index contributed by atoms with van der Waals surface area (Å²) in [4.78, 5) is 25.7. The highest BCUT2D eigenvalue weighted by Crippen LogP contribution is 2.26. The number of aromatic nitrogens is 3. The van der Waals surface area contributed by atoms with Crippen molar-refractivity contribution in [3.05, 3.63) is 87.7 Å². The first kappa shape index (κ1) is 20.1. The summed E-state index contributed by atoms with van der Waals surface area (Å²) < 4.78 is 15.9. The highest BCUT2D eigenvalue weighted by molar-refractivity contribution is 5.90. The van der Waals surface area contributed by atoms with Crippen LogP contribution in [0.15, 0.2) is 59.7 Å². The maximum atomic E-state index is 13.3. The van der Waals surface area contributed by atoms with Gasteiger partial charge in [0.2, 0.25) is 5.91 Å². The first-order chi connectivity index (χ1) is 15.5. The van der Waals surface area contributed by atoms with Crippen molar-refractivity contribution < 1.29 is 14.3 Å². The number of hydrogen-bond acceptors (Lipinski definition) is 4. The van der Waals surface area contributed by atoms with Crippen molar-refractivity contribution in [1.29, 1.82) is 0 Å². The summed E-state index contributed by atoms with van der Waals surface area (Å²) in [5.74, 6) is -0.710. The quantitative estimate of drug-likeness (QED) is 0.508. The van der Waals surface area contributed by atoms with E-state index in [4.69, 9.17) is 0 Å². The van der Waals surface area contributed by atoms with Gasteiger partial charge in [0.1, 0.15) is 17.9 Å². The molecule has 0 radical (unpaired) electrons. The Bertz CT molecular complexity index is 1390. The smallest absolute Gasteiger partial charge is 0.277 e. The zero-order valence-corrected chi connectivity index (χ0v) is 17.2. The number of carbonyl (C=O) groups excluding carboxylic acids is 1. The number of aliphatic hydroxyl groups is 1. The molecule has 2 aromatic carbocycles. The van der Waals surface area contributed by atoms with Crippen LogP contribution >= 0.6 is 0 Å². The predicted octanol–water partition coefficient (Wildman–Crippen LogP) is 2.92. The van der Waals surface area contributed by atoms with Crippen LogP contribution in [0.25, 0.3) is 16.8 Å². The summed E-state index contributed by atoms with van der Waals surface area (Å²) >= 11 is 0. The van der Waals surface area contributed by atoms with Crippen LogP contribution in [0.4, 0.5) is 10.1 Å². The van der Waals surface area contributed by atoms with Crippen molar-refractivity contribution in [3.8, 4) is 11.3 Å². The zero-order valence-electron chi connectivity index (χ0n) is 17.2. The van der Waals surface area contributed by atoms with Crippen LogP contribution < -0.4 is 10.9 Å². The number of aryl methyl sites for hydroxylation is 2. The molecule has 0 saturated carbocycles. The number of nitrogens with one attached hydrogen (secondary N) is 1. The summed E-state index contributed by atoms with van der Waals surface area (Å²) in [6, 6.07) is 11.6. The first-order valence-corrected chi connectivity index (χ1v) is 10.4. The average molecular weight is 432 g/mol. The van der Waals surface area contributed by atoms with Gasteiger partial charge in [-0.25, -0.2) is 8.91 Å². The number of rotatable bonds is 5. The first-order valence-electron chi connectivity index (χ1n) is 10.4. The summed E-state index contributed by atoms with van der Waals surface area (Å²) in [5.41, 5.74) is 4.32. The lowest BCUT2D eigenvalue weighted by atomic mass is 10.1. The number of halogens is 1. The van der Waals surface area contributed by atoms with E-state index in [1.807, 2.05) is 18.2 Å². The average Bonchev–Trinajstić information content (AvgIpc) is 3.40. The number of nitrogens with zero attached hydrogens (tertiary/aromatic N) is 3. The molecule has 2 heterocycles. The Kier molecular flexibility index (Phi) is 5.07. The number of carbonyl (C=O) groups is 1. The van der Waals surface area contributed by atoms with Crippen molar-refractivity contribution in [2.75, 3.05) is 5.32 Å². The number of hydrogen-bond donors (Lipinski definition) is 2. The molecule has 0 fully saturated rings. The molecular formula is C24H21FN4O3. The Labute approximate surface area is 182 Å². The molecule has 32 heavy (non-hydrogen) atoms. The van der Waals surface area contributed by atoms with Gasteiger partial charge in [-0.2, -0.15) is 5.10 Å². The molecule has 8 heteroatoms. The number of fused-ring (bicyclic) bond motifs is 2. The van der Waals surface area contributed by atoms with Gasteiger partial charge in [0.25, 0.3) is 5.56 Å². The molecule has 7 nitrogen and oxygen atoms in total. The lowest BCUT2D eigenvalue weighted by Crippen LogP contribution is -2.28. The van der Waals surface area contributed by atoms with Gasteiger partial charge < -0.3 is 15.0 Å². The van der Waals surface area contributed by atoms with E-state index in [0.717, 1.165) is 19.3 Å². The molecule has 2 aromatic heterocycles. The van der Waals surface area contributed by atoms with Crippen molar-refractivity contribution >= 4 is 17.1 Å². The maximum absolute atomic E-state index is 13.3. The van der Waals surface area contributed by atoms with E-state index >= 15 is 0 Å². The fourth-order valence-corrected chi connectivity index (χ4v) is 4.27. The van der Waals surface area contributed by atoms with Gasteiger partial charge in [-0.05, 0) is 66.8 Å². The molecule has 4 aromatic rings. The van der Waals surface area contributed by atoms with Crippen molar-refractivity contribution in [2.45, 2.75) is 32.4 Å². The van der Waals surface area contributed by atoms with E-state index in [9.17, 15) is 19.1 Å². The second kappa shape index (κ2) is 8.05. The highest BCUT2D eigenvalue weighted by Gasteiger charge is 2.19. The van der Waals surface area contributed by atoms with Gasteiger partial charge in [0.15, 0.2) is 0 Å². The van der Waals surface area contributed by atoms with Crippen molar-refractivity contribution in [3.63, 3.8) is 0 Å². The minimum absolute atomic E-state index is 0.172. The number of anilines is 1. The van der Waals surface area contributed by atoms with E-state index in [1.165, 1.54) is 38.5 Å². The van der Waals surface area contributed by atoms with Gasteiger partial charge in [-0.1, -0.05) is 6.07 Å². The van der Waals surface area contributed by atoms with Crippen LogP contribution in [0.2, 0.25) is 0 Å². The van der Waals surface area contributed by atoms with Crippen molar-refractivity contribution in [1.82, 2.24) is 14.2 Å². The molecule has 1 aliphatic carbocycles. The summed E-state index contributed by atoms with van der Waals surface area (Å²) in [6.07, 6.45) is 6.25. The van der Waals surface area contributed by atoms with Crippen LogP contribution in [-0.4, -0.2) is 25.2 Å². The van der Waals surface area contributed by atoms with Gasteiger partial charge in [0, 0.05) is 29.2 Å². The normalized spacial score (nSPS) is 12.8. The molecule has 1 aliphatic rings. The molecule has 0 saturated heterocycles. The molecule has 162 valence electrons. The standard InChI is InChI=1S/C24H21FN4O3/c25-18-7-4-16(5-8-18)22-20(14-30)23-24(32)28(10-11-29(23)27-22)13-21(31)26-19-9-6-15-2-1-3-17(15)12-19/h4-12,30H,1-3,13-14H2,(H,26,31). The third kappa shape index (κ3) is 3.58. The van der Waals surface area contributed by atoms with E-state index in [1.54, 1.807) is 18.3 Å². The number of amides is 1. The van der Waals surface area contributed by atoms with Gasteiger partial charge >= 0.3 is 0 Å². The molecule has 0 aliphatic heterocycles. The Morgan fingerprint density at radius 3 is 2.66 bits per heavy atom. The van der Waals surface area contributed by atoms with E-state index < -0.39 is 12.2 Å². The Morgan fingerprint density at radius 1 is 1.09 bits per heavy atom. The molecule has 5 rings (SSSR count). The van der Waals surface area contributed by atoms with E-state index in [0.29, 0.717) is 22.5 Å². The second-order valence-corrected chi connectivity index (χ2v) is 7.90. The van der Waals surface area contributed by atoms with Crippen molar-refractivity contribution in [2.24, 2.45) is 0 Å². The fourth-order valence-electron chi connectivity index (χ4n) is 4.27. The highest BCUT2D eigenvalue weighted by atomic mass is 19.1. The monoisotopic (exact) mass is 432 g/mol. The minimum atomic E-state index is -0.443. The zero-order chi connectivity index (χ0) is 22.2. The van der Waals surface area contributed by atoms with Crippen LogP contribution in [-0.2, 0) is 30.8 Å². The van der Waals surface area contributed by atoms with Gasteiger partial charge in [-0.15, -0.1) is 0 Å². The van der Waals surface area contributed by atoms with Crippen LogP contribution in [0.5, 0.6) is 0 Å². The topological polar surface area (TPSA) is 88.6 Å². The Balaban J connectivity index is 1.44. The van der Waals surface area contributed by atoms with Gasteiger partial charge in [-0.3, -0.25) is 9.59 Å². The largest absolute Gasteiger partial charge is 0.392 e. The SMILES string of the molecule is O=C(Cn1ccn2nc(-c3ccc(F)cc3)c(CO)c2c1=O)Nc1ccc2c(c1)CCC2. The second-order valence-electron chi connectivity index (χ2n) is 7.90. The Morgan fingerprint density at radius 2 is 1.88 bits per heavy atom. The minimum Gasteiger partial charge on any atom is -0.392 e. The van der Waals surface area contributed by atoms with Crippen LogP contribution in [0, 0.1) is 5.82 Å². The summed E-state index contributed by atoms with van der Waals surface area (Å²) in [6.45, 7) is -0.592. The molecule has 2 N–H and O–H groups in total. The van der Waals surface area contributed by atoms with E-state index in [2.05, 4.69) is 10.4 Å². The van der Waals surface area contributed by atoms with E-state index in [-0.39, 0.29) is 23.8 Å². The van der Waals surface area contributed by atoms with Crippen LogP contribution in [0.3, 0.4) is 0 Å². The number of aliphatic hydroxyl groups excluding tert-OH is 1. The molecule has 0 spiro atoms. The van der Waals surface area contributed by atoms with Crippen LogP contribution in [0.1, 0.15) is 23.1 Å². The third-order valence-electron chi connectivity index (χ3n) is 5.83.